The van der Waals surface area contributed by atoms with Crippen LogP contribution in [-0.4, -0.2) is 14.5 Å². The maximum absolute atomic E-state index is 4.61. The zero-order chi connectivity index (χ0) is 11.8. The van der Waals surface area contributed by atoms with E-state index in [9.17, 15) is 0 Å². The summed E-state index contributed by atoms with van der Waals surface area (Å²) >= 11 is 0. The molecule has 2 heterocycles. The van der Waals surface area contributed by atoms with Crippen LogP contribution in [0, 0.1) is 13.8 Å². The smallest absolute Gasteiger partial charge is 0.0991 e. The van der Waals surface area contributed by atoms with Crippen LogP contribution < -0.4 is 0 Å². The second kappa shape index (κ2) is 3.70. The van der Waals surface area contributed by atoms with E-state index < -0.39 is 0 Å². The lowest BCUT2D eigenvalue weighted by Gasteiger charge is -2.09. The summed E-state index contributed by atoms with van der Waals surface area (Å²) < 4.78 is 2.02. The molecule has 84 valence electrons. The minimum absolute atomic E-state index is 1.02. The highest BCUT2D eigenvalue weighted by Gasteiger charge is 2.06. The third-order valence-corrected chi connectivity index (χ3v) is 2.93. The fourth-order valence-electron chi connectivity index (χ4n) is 2.11. The molecule has 0 saturated carbocycles. The summed E-state index contributed by atoms with van der Waals surface area (Å²) in [5, 5.41) is 1.16. The lowest BCUT2D eigenvalue weighted by atomic mass is 10.1. The molecule has 3 heteroatoms. The minimum atomic E-state index is 1.02. The average Bonchev–Trinajstić information content (AvgIpc) is 2.83. The Morgan fingerprint density at radius 1 is 1.18 bits per heavy atom. The van der Waals surface area contributed by atoms with E-state index in [1.807, 2.05) is 24.0 Å². The quantitative estimate of drug-likeness (QED) is 0.634. The van der Waals surface area contributed by atoms with Crippen LogP contribution in [0.1, 0.15) is 11.3 Å². The van der Waals surface area contributed by atoms with E-state index in [-0.39, 0.29) is 0 Å². The predicted octanol–water partition coefficient (Wildman–Crippen LogP) is 3.04. The number of rotatable bonds is 1. The summed E-state index contributed by atoms with van der Waals surface area (Å²) in [4.78, 5) is 8.71. The second-order valence-corrected chi connectivity index (χ2v) is 4.22. The van der Waals surface area contributed by atoms with Crippen molar-refractivity contribution in [3.05, 3.63) is 54.2 Å². The Bertz CT molecular complexity index is 669. The first-order chi connectivity index (χ1) is 8.25. The van der Waals surface area contributed by atoms with Gasteiger partial charge < -0.3 is 4.57 Å². The lowest BCUT2D eigenvalue weighted by molar-refractivity contribution is 1.05. The van der Waals surface area contributed by atoms with Crippen molar-refractivity contribution in [2.45, 2.75) is 13.8 Å². The van der Waals surface area contributed by atoms with E-state index >= 15 is 0 Å². The number of hydrogen-bond donors (Lipinski definition) is 0. The number of para-hydroxylation sites is 1. The first-order valence-electron chi connectivity index (χ1n) is 5.61. The summed E-state index contributed by atoms with van der Waals surface area (Å²) in [6.07, 6.45) is 5.56. The molecule has 0 radical (unpaired) electrons. The van der Waals surface area contributed by atoms with Crippen LogP contribution in [-0.2, 0) is 0 Å². The molecule has 0 fully saturated rings. The molecule has 1 aromatic carbocycles. The third kappa shape index (κ3) is 1.60. The largest absolute Gasteiger partial charge is 0.306 e. The van der Waals surface area contributed by atoms with Crippen molar-refractivity contribution in [1.29, 1.82) is 0 Å². The Morgan fingerprint density at radius 3 is 2.82 bits per heavy atom. The molecule has 17 heavy (non-hydrogen) atoms. The van der Waals surface area contributed by atoms with E-state index in [1.165, 1.54) is 5.56 Å². The molecule has 0 aliphatic rings. The topological polar surface area (TPSA) is 30.7 Å². The van der Waals surface area contributed by atoms with Crippen molar-refractivity contribution >= 4 is 10.9 Å². The Labute approximate surface area is 99.8 Å². The number of aryl methyl sites for hydroxylation is 2. The normalized spacial score (nSPS) is 10.9. The van der Waals surface area contributed by atoms with Gasteiger partial charge in [-0.15, -0.1) is 0 Å². The van der Waals surface area contributed by atoms with Gasteiger partial charge in [0.15, 0.2) is 0 Å². The average molecular weight is 223 g/mol. The van der Waals surface area contributed by atoms with Crippen molar-refractivity contribution in [2.75, 3.05) is 0 Å². The van der Waals surface area contributed by atoms with E-state index in [2.05, 4.69) is 41.2 Å². The fourth-order valence-corrected chi connectivity index (χ4v) is 2.11. The number of nitrogens with zero attached hydrogens (tertiary/aromatic N) is 3. The molecule has 0 spiro atoms. The van der Waals surface area contributed by atoms with Gasteiger partial charge in [-0.3, -0.25) is 4.98 Å². The molecular formula is C14H13N3. The summed E-state index contributed by atoms with van der Waals surface area (Å²) in [5.41, 5.74) is 4.42. The van der Waals surface area contributed by atoms with Gasteiger partial charge in [0, 0.05) is 23.5 Å². The van der Waals surface area contributed by atoms with Crippen LogP contribution in [0.5, 0.6) is 0 Å². The highest BCUT2D eigenvalue weighted by atomic mass is 15.0. The van der Waals surface area contributed by atoms with Crippen molar-refractivity contribution < 1.29 is 0 Å². The van der Waals surface area contributed by atoms with Gasteiger partial charge in [0.05, 0.1) is 17.5 Å². The number of benzene rings is 1. The molecule has 3 rings (SSSR count). The van der Waals surface area contributed by atoms with E-state index in [1.54, 1.807) is 6.20 Å². The maximum atomic E-state index is 4.61. The monoisotopic (exact) mass is 223 g/mol. The fraction of sp³-hybridized carbons (Fsp3) is 0.143. The summed E-state index contributed by atoms with van der Waals surface area (Å²) in [6, 6.07) is 8.34. The molecule has 0 aliphatic heterocycles. The molecule has 2 aromatic heterocycles. The maximum Gasteiger partial charge on any atom is 0.0991 e. The second-order valence-electron chi connectivity index (χ2n) is 4.22. The first-order valence-corrected chi connectivity index (χ1v) is 5.61. The standard InChI is InChI=1S/C14H13N3/c1-10-4-3-5-12-13(17-7-6-15-9-17)8-11(2)16-14(10)12/h3-9H,1-2H3. The Hall–Kier alpha value is -2.16. The van der Waals surface area contributed by atoms with Crippen LogP contribution in [0.4, 0.5) is 0 Å². The van der Waals surface area contributed by atoms with Gasteiger partial charge in [0.25, 0.3) is 0 Å². The van der Waals surface area contributed by atoms with Crippen LogP contribution in [0.25, 0.3) is 16.6 Å². The highest BCUT2D eigenvalue weighted by Crippen LogP contribution is 2.24. The third-order valence-electron chi connectivity index (χ3n) is 2.93. The minimum Gasteiger partial charge on any atom is -0.306 e. The summed E-state index contributed by atoms with van der Waals surface area (Å²) in [7, 11) is 0. The number of aromatic nitrogens is 3. The van der Waals surface area contributed by atoms with E-state index in [4.69, 9.17) is 0 Å². The van der Waals surface area contributed by atoms with Gasteiger partial charge in [0.1, 0.15) is 0 Å². The van der Waals surface area contributed by atoms with Gasteiger partial charge in [-0.2, -0.15) is 0 Å². The SMILES string of the molecule is Cc1cc(-n2ccnc2)c2cccc(C)c2n1. The van der Waals surface area contributed by atoms with Gasteiger partial charge >= 0.3 is 0 Å². The molecule has 3 nitrogen and oxygen atoms in total. The Kier molecular flexibility index (Phi) is 2.18. The molecule has 0 atom stereocenters. The lowest BCUT2D eigenvalue weighted by Crippen LogP contribution is -1.96. The first kappa shape index (κ1) is 10.0. The van der Waals surface area contributed by atoms with Gasteiger partial charge in [-0.25, -0.2) is 4.98 Å². The summed E-state index contributed by atoms with van der Waals surface area (Å²) in [5.74, 6) is 0. The Balaban J connectivity index is 2.42. The van der Waals surface area contributed by atoms with Crippen LogP contribution >= 0.6 is 0 Å². The van der Waals surface area contributed by atoms with Crippen LogP contribution in [0.15, 0.2) is 43.0 Å². The van der Waals surface area contributed by atoms with Crippen molar-refractivity contribution in [3.8, 4) is 5.69 Å². The van der Waals surface area contributed by atoms with E-state index in [0.29, 0.717) is 0 Å². The molecule has 0 amide bonds. The molecule has 0 unspecified atom stereocenters. The molecule has 0 saturated heterocycles. The van der Waals surface area contributed by atoms with Crippen molar-refractivity contribution in [3.63, 3.8) is 0 Å². The van der Waals surface area contributed by atoms with Gasteiger partial charge in [0.2, 0.25) is 0 Å². The van der Waals surface area contributed by atoms with E-state index in [0.717, 1.165) is 22.3 Å². The number of hydrogen-bond acceptors (Lipinski definition) is 2. The van der Waals surface area contributed by atoms with Gasteiger partial charge in [-0.1, -0.05) is 18.2 Å². The van der Waals surface area contributed by atoms with Crippen LogP contribution in [0.3, 0.4) is 0 Å². The highest BCUT2D eigenvalue weighted by molar-refractivity contribution is 5.89. The molecule has 0 N–H and O–H groups in total. The number of fused-ring (bicyclic) bond motifs is 1. The van der Waals surface area contributed by atoms with Crippen molar-refractivity contribution in [2.24, 2.45) is 0 Å². The summed E-state index contributed by atoms with van der Waals surface area (Å²) in [6.45, 7) is 4.11. The number of imidazole rings is 1. The van der Waals surface area contributed by atoms with Crippen molar-refractivity contribution in [1.82, 2.24) is 14.5 Å². The molecular weight excluding hydrogens is 210 g/mol. The molecule has 0 bridgehead atoms. The van der Waals surface area contributed by atoms with Crippen LogP contribution in [0.2, 0.25) is 0 Å². The Morgan fingerprint density at radius 2 is 2.06 bits per heavy atom. The molecule has 3 aromatic rings. The van der Waals surface area contributed by atoms with Gasteiger partial charge in [-0.05, 0) is 25.5 Å². The zero-order valence-corrected chi connectivity index (χ0v) is 9.88. The number of pyridine rings is 1. The predicted molar refractivity (Wildman–Crippen MR) is 68.3 cm³/mol. The zero-order valence-electron chi connectivity index (χ0n) is 9.88. The molecule has 0 aliphatic carbocycles.